The molecule has 2 aromatic rings. The Bertz CT molecular complexity index is 1940. The van der Waals surface area contributed by atoms with Crippen LogP contribution in [-0.4, -0.2) is 141 Å². The number of thioether (sulfide) groups is 1. The molecule has 1 aliphatic rings. The fourth-order valence-corrected chi connectivity index (χ4v) is 8.61. The fraction of sp³-hybridized carbons (Fsp3) is 0.667. The summed E-state index contributed by atoms with van der Waals surface area (Å²) in [4.78, 5) is 98.4. The largest absolute Gasteiger partial charge is 0.481 e. The number of phosphoric ester groups is 3. The van der Waals surface area contributed by atoms with Gasteiger partial charge in [0.15, 0.2) is 17.7 Å². The second-order valence-corrected chi connectivity index (χ2v) is 18.6. The van der Waals surface area contributed by atoms with Crippen LogP contribution in [0.25, 0.3) is 11.2 Å². The Morgan fingerprint density at radius 3 is 2.36 bits per heavy atom. The maximum Gasteiger partial charge on any atom is 0.481 e. The lowest BCUT2D eigenvalue weighted by atomic mass is 9.87. The summed E-state index contributed by atoms with van der Waals surface area (Å²) in [5.74, 6) is -1.36. The van der Waals surface area contributed by atoms with Crippen molar-refractivity contribution in [2.75, 3.05) is 44.3 Å². The second kappa shape index (κ2) is 21.5. The molecule has 28 nitrogen and oxygen atoms in total. The standard InChI is InChI=1S/C27H47N10O18P3S/c1-27(2,20(40)23(41)32-7-5-16(38)31-8-9-59-25(42)14(28)4-3-6-33-26(30)43)11-52-58(49,50)55-57(47,48)51-10-15-19(54-56(44,45)46)18(39)24(53-15)37-13-36-17-21(29)34-12-35-22(17)37/h12-15,18-20,24,39-40H,3-11,28H2,1-2H3,(H,31,38)(H,32,41)(H,47,48)(H,49,50)(H2,29,34,35)(H3,30,33,43)(H2,44,45,46)/t14-,15?,18?,19?,20?,24?/m0/s1. The molecular formula is C27H47N10O18P3S. The van der Waals surface area contributed by atoms with E-state index >= 15 is 0 Å². The van der Waals surface area contributed by atoms with Crippen molar-refractivity contribution in [3.63, 3.8) is 0 Å². The van der Waals surface area contributed by atoms with Gasteiger partial charge in [-0.15, -0.1) is 0 Å². The first-order chi connectivity index (χ1) is 27.3. The number of rotatable bonds is 24. The number of primary amides is 1. The number of amides is 4. The molecule has 0 spiro atoms. The zero-order valence-electron chi connectivity index (χ0n) is 31.3. The van der Waals surface area contributed by atoms with Crippen molar-refractivity contribution in [3.05, 3.63) is 12.7 Å². The summed E-state index contributed by atoms with van der Waals surface area (Å²) in [6, 6.07) is -1.46. The van der Waals surface area contributed by atoms with E-state index in [0.29, 0.717) is 12.8 Å². The molecule has 8 atom stereocenters. The van der Waals surface area contributed by atoms with Crippen LogP contribution in [0.2, 0.25) is 0 Å². The van der Waals surface area contributed by atoms with Crippen LogP contribution >= 0.6 is 35.2 Å². The van der Waals surface area contributed by atoms with Gasteiger partial charge in [-0.05, 0) is 12.8 Å². The Morgan fingerprint density at radius 2 is 1.69 bits per heavy atom. The van der Waals surface area contributed by atoms with Crippen molar-refractivity contribution in [3.8, 4) is 0 Å². The van der Waals surface area contributed by atoms with Crippen LogP contribution in [-0.2, 0) is 50.7 Å². The van der Waals surface area contributed by atoms with Gasteiger partial charge in [0.05, 0.1) is 25.6 Å². The fourth-order valence-electron chi connectivity index (χ4n) is 5.04. The number of aliphatic hydroxyl groups is 2. The summed E-state index contributed by atoms with van der Waals surface area (Å²) >= 11 is 0.906. The second-order valence-electron chi connectivity index (χ2n) is 13.3. The Kier molecular flexibility index (Phi) is 18.3. The predicted molar refractivity (Wildman–Crippen MR) is 202 cm³/mol. The lowest BCUT2D eigenvalue weighted by Gasteiger charge is -2.30. The number of aromatic nitrogens is 4. The van der Waals surface area contributed by atoms with E-state index in [2.05, 4.69) is 39.7 Å². The van der Waals surface area contributed by atoms with E-state index in [1.807, 2.05) is 0 Å². The Hall–Kier alpha value is -3.21. The molecule has 334 valence electrons. The van der Waals surface area contributed by atoms with Crippen LogP contribution in [0.3, 0.4) is 0 Å². The van der Waals surface area contributed by atoms with Crippen molar-refractivity contribution in [2.24, 2.45) is 16.9 Å². The molecule has 7 unspecified atom stereocenters. The number of nitrogens with zero attached hydrogens (tertiary/aromatic N) is 4. The molecule has 0 radical (unpaired) electrons. The van der Waals surface area contributed by atoms with Crippen LogP contribution in [0.1, 0.15) is 39.3 Å². The third-order valence-corrected chi connectivity index (χ3v) is 12.1. The number of nitrogens with two attached hydrogens (primary N) is 3. The van der Waals surface area contributed by atoms with Gasteiger partial charge in [0.1, 0.15) is 36.3 Å². The van der Waals surface area contributed by atoms with Gasteiger partial charge in [0, 0.05) is 37.2 Å². The number of nitrogens with one attached hydrogen (secondary N) is 3. The van der Waals surface area contributed by atoms with E-state index in [4.69, 9.17) is 31.0 Å². The van der Waals surface area contributed by atoms with E-state index in [-0.39, 0.29) is 53.9 Å². The number of phosphoric acid groups is 3. The monoisotopic (exact) mass is 924 g/mol. The number of nitrogen functional groups attached to an aromatic ring is 1. The summed E-state index contributed by atoms with van der Waals surface area (Å²) in [6.45, 7) is 0.518. The summed E-state index contributed by atoms with van der Waals surface area (Å²) in [7, 11) is -16.5. The lowest BCUT2D eigenvalue weighted by molar-refractivity contribution is -0.137. The first-order valence-corrected chi connectivity index (χ1v) is 22.7. The third-order valence-electron chi connectivity index (χ3n) is 8.04. The zero-order chi connectivity index (χ0) is 44.3. The molecule has 4 amide bonds. The minimum absolute atomic E-state index is 0.0203. The van der Waals surface area contributed by atoms with E-state index < -0.39 is 96.6 Å². The van der Waals surface area contributed by atoms with Gasteiger partial charge in [0.2, 0.25) is 16.9 Å². The molecule has 59 heavy (non-hydrogen) atoms. The number of urea groups is 1. The highest BCUT2D eigenvalue weighted by Crippen LogP contribution is 2.61. The van der Waals surface area contributed by atoms with Gasteiger partial charge >= 0.3 is 29.5 Å². The lowest BCUT2D eigenvalue weighted by Crippen LogP contribution is -2.46. The molecule has 15 N–H and O–H groups in total. The van der Waals surface area contributed by atoms with Crippen molar-refractivity contribution < 1.29 is 85.3 Å². The highest BCUT2D eigenvalue weighted by Gasteiger charge is 2.50. The van der Waals surface area contributed by atoms with E-state index in [1.165, 1.54) is 13.8 Å². The topological polar surface area (TPSA) is 445 Å². The summed E-state index contributed by atoms with van der Waals surface area (Å²) in [5, 5.41) is 28.4. The maximum atomic E-state index is 12.7. The summed E-state index contributed by atoms with van der Waals surface area (Å²) in [5.41, 5.74) is 15.0. The zero-order valence-corrected chi connectivity index (χ0v) is 34.8. The smallest absolute Gasteiger partial charge is 0.386 e. The molecule has 1 saturated heterocycles. The highest BCUT2D eigenvalue weighted by molar-refractivity contribution is 8.13. The molecule has 1 fully saturated rings. The summed E-state index contributed by atoms with van der Waals surface area (Å²) in [6.07, 6.45) is -6.32. The normalized spacial score (nSPS) is 21.6. The van der Waals surface area contributed by atoms with Gasteiger partial charge < -0.3 is 67.7 Å². The molecule has 0 bridgehead atoms. The molecule has 0 aliphatic carbocycles. The number of anilines is 1. The summed E-state index contributed by atoms with van der Waals surface area (Å²) < 4.78 is 62.1. The quantitative estimate of drug-likeness (QED) is 0.0380. The van der Waals surface area contributed by atoms with Crippen molar-refractivity contribution >= 4 is 75.2 Å². The molecular weight excluding hydrogens is 877 g/mol. The maximum absolute atomic E-state index is 12.7. The predicted octanol–water partition coefficient (Wildman–Crippen LogP) is -2.56. The molecule has 1 aliphatic heterocycles. The van der Waals surface area contributed by atoms with Gasteiger partial charge in [-0.25, -0.2) is 33.4 Å². The number of carbonyl (C=O) groups is 4. The van der Waals surface area contributed by atoms with Crippen molar-refractivity contribution in [2.45, 2.75) is 69.8 Å². The van der Waals surface area contributed by atoms with Crippen LogP contribution < -0.4 is 33.2 Å². The Morgan fingerprint density at radius 1 is 1.02 bits per heavy atom. The average Bonchev–Trinajstić information content (AvgIpc) is 3.69. The van der Waals surface area contributed by atoms with E-state index in [9.17, 15) is 62.7 Å². The van der Waals surface area contributed by atoms with Crippen molar-refractivity contribution in [1.29, 1.82) is 0 Å². The number of imidazole rings is 1. The van der Waals surface area contributed by atoms with Crippen LogP contribution in [0.5, 0.6) is 0 Å². The first kappa shape index (κ1) is 50.1. The molecule has 32 heteroatoms. The van der Waals surface area contributed by atoms with Gasteiger partial charge in [-0.1, -0.05) is 25.6 Å². The molecule has 0 aromatic carbocycles. The molecule has 3 heterocycles. The number of fused-ring (bicyclic) bond motifs is 1. The number of aliphatic hydroxyl groups excluding tert-OH is 2. The Balaban J connectivity index is 1.44. The van der Waals surface area contributed by atoms with Gasteiger partial charge in [-0.2, -0.15) is 4.31 Å². The Labute approximate surface area is 339 Å². The molecule has 2 aromatic heterocycles. The number of carbonyl (C=O) groups excluding carboxylic acids is 4. The molecule has 3 rings (SSSR count). The van der Waals surface area contributed by atoms with Gasteiger partial charge in [0.25, 0.3) is 0 Å². The number of hydrogen-bond donors (Lipinski definition) is 12. The molecule has 0 saturated carbocycles. The average molecular weight is 925 g/mol. The SMILES string of the molecule is CC(C)(COP(=O)(O)OP(=O)(O)OCC1OC(n2cnc3c(N)ncnc32)C(O)C1OP(=O)(O)O)C(O)C(=O)NCCC(=O)NCCSC(=O)[C@@H](N)CCCNC(N)=O. The van der Waals surface area contributed by atoms with Crippen LogP contribution in [0.4, 0.5) is 10.6 Å². The number of hydrogen-bond acceptors (Lipinski definition) is 20. The van der Waals surface area contributed by atoms with Crippen LogP contribution in [0, 0.1) is 5.41 Å². The van der Waals surface area contributed by atoms with E-state index in [0.717, 1.165) is 29.0 Å². The van der Waals surface area contributed by atoms with E-state index in [1.54, 1.807) is 0 Å². The first-order valence-electron chi connectivity index (χ1n) is 17.2. The van der Waals surface area contributed by atoms with Gasteiger partial charge in [-0.3, -0.25) is 32.5 Å². The van der Waals surface area contributed by atoms with Crippen LogP contribution in [0.15, 0.2) is 12.7 Å². The minimum atomic E-state index is -5.59. The van der Waals surface area contributed by atoms with Crippen molar-refractivity contribution in [1.82, 2.24) is 35.5 Å². The highest BCUT2D eigenvalue weighted by atomic mass is 32.2. The number of ether oxygens (including phenoxy) is 1. The third kappa shape index (κ3) is 16.0. The minimum Gasteiger partial charge on any atom is -0.386 e.